The van der Waals surface area contributed by atoms with Crippen LogP contribution in [0.4, 0.5) is 5.69 Å². The number of carbonyl (C=O) groups excluding carboxylic acids is 2. The van der Waals surface area contributed by atoms with Gasteiger partial charge in [-0.05, 0) is 29.1 Å². The van der Waals surface area contributed by atoms with Crippen molar-refractivity contribution in [3.63, 3.8) is 0 Å². The van der Waals surface area contributed by atoms with E-state index in [9.17, 15) is 9.59 Å². The molecule has 0 bridgehead atoms. The van der Waals surface area contributed by atoms with Crippen molar-refractivity contribution in [3.05, 3.63) is 76.3 Å². The average molecular weight is 414 g/mol. The quantitative estimate of drug-likeness (QED) is 0.440. The second-order valence-corrected chi connectivity index (χ2v) is 6.86. The second kappa shape index (κ2) is 9.35. The first-order chi connectivity index (χ1) is 13.5. The number of fused-ring (bicyclic) bond motifs is 1. The molecule has 0 saturated heterocycles. The highest BCUT2D eigenvalue weighted by Gasteiger charge is 2.08. The molecular weight excluding hydrogens is 397 g/mol. The zero-order valence-electron chi connectivity index (χ0n) is 14.8. The zero-order chi connectivity index (χ0) is 19.9. The number of hydrazone groups is 1. The first kappa shape index (κ1) is 19.9. The fourth-order valence-electron chi connectivity index (χ4n) is 2.60. The number of halogens is 2. The SMILES string of the molecule is O=C(CCC(=O)Nc1cccc2ccccc12)N/N=C/c1ccc(Cl)c(Cl)c1. The van der Waals surface area contributed by atoms with Crippen molar-refractivity contribution in [3.8, 4) is 0 Å². The van der Waals surface area contributed by atoms with Crippen LogP contribution in [0.25, 0.3) is 10.8 Å². The minimum atomic E-state index is -0.357. The Morgan fingerprint density at radius 1 is 0.893 bits per heavy atom. The third-order valence-corrected chi connectivity index (χ3v) is 4.73. The lowest BCUT2D eigenvalue weighted by Crippen LogP contribution is -2.20. The number of nitrogens with zero attached hydrogens (tertiary/aromatic N) is 1. The summed E-state index contributed by atoms with van der Waals surface area (Å²) in [5, 5.41) is 9.55. The van der Waals surface area contributed by atoms with Gasteiger partial charge in [0.25, 0.3) is 0 Å². The lowest BCUT2D eigenvalue weighted by molar-refractivity contribution is -0.124. The van der Waals surface area contributed by atoms with Crippen LogP contribution < -0.4 is 10.7 Å². The van der Waals surface area contributed by atoms with Gasteiger partial charge >= 0.3 is 0 Å². The van der Waals surface area contributed by atoms with Crippen molar-refractivity contribution in [1.82, 2.24) is 5.43 Å². The van der Waals surface area contributed by atoms with Crippen molar-refractivity contribution in [1.29, 1.82) is 0 Å². The summed E-state index contributed by atoms with van der Waals surface area (Å²) in [5.41, 5.74) is 3.81. The molecule has 0 aromatic heterocycles. The molecule has 3 aromatic rings. The molecule has 2 amide bonds. The van der Waals surface area contributed by atoms with Gasteiger partial charge in [-0.15, -0.1) is 0 Å². The van der Waals surface area contributed by atoms with Crippen LogP contribution in [-0.2, 0) is 9.59 Å². The Balaban J connectivity index is 1.49. The van der Waals surface area contributed by atoms with Crippen LogP contribution in [0, 0.1) is 0 Å². The minimum absolute atomic E-state index is 0.0231. The average Bonchev–Trinajstić information content (AvgIpc) is 2.69. The molecule has 0 aliphatic carbocycles. The Hall–Kier alpha value is -2.89. The maximum absolute atomic E-state index is 12.2. The number of anilines is 1. The molecule has 0 aliphatic heterocycles. The molecule has 2 N–H and O–H groups in total. The lowest BCUT2D eigenvalue weighted by atomic mass is 10.1. The molecule has 0 heterocycles. The summed E-state index contributed by atoms with van der Waals surface area (Å²) in [5.74, 6) is -0.593. The third kappa shape index (κ3) is 5.31. The van der Waals surface area contributed by atoms with E-state index >= 15 is 0 Å². The molecule has 0 radical (unpaired) electrons. The molecule has 0 unspecified atom stereocenters. The molecule has 142 valence electrons. The molecule has 0 fully saturated rings. The molecule has 0 aliphatic rings. The Kier molecular flexibility index (Phi) is 6.63. The predicted octanol–water partition coefficient (Wildman–Crippen LogP) is 5.02. The highest BCUT2D eigenvalue weighted by molar-refractivity contribution is 6.42. The normalized spacial score (nSPS) is 10.9. The maximum Gasteiger partial charge on any atom is 0.240 e. The molecule has 0 saturated carbocycles. The summed E-state index contributed by atoms with van der Waals surface area (Å²) in [4.78, 5) is 24.0. The monoisotopic (exact) mass is 413 g/mol. The fraction of sp³-hybridized carbons (Fsp3) is 0.0952. The highest BCUT2D eigenvalue weighted by atomic mass is 35.5. The largest absolute Gasteiger partial charge is 0.326 e. The van der Waals surface area contributed by atoms with Gasteiger partial charge < -0.3 is 5.32 Å². The Morgan fingerprint density at radius 3 is 2.46 bits per heavy atom. The van der Waals surface area contributed by atoms with Gasteiger partial charge in [0.05, 0.1) is 16.3 Å². The van der Waals surface area contributed by atoms with Gasteiger partial charge in [0.15, 0.2) is 0 Å². The fourth-order valence-corrected chi connectivity index (χ4v) is 2.91. The van der Waals surface area contributed by atoms with Crippen molar-refractivity contribution in [2.75, 3.05) is 5.32 Å². The number of hydrogen-bond acceptors (Lipinski definition) is 3. The van der Waals surface area contributed by atoms with E-state index in [-0.39, 0.29) is 24.7 Å². The van der Waals surface area contributed by atoms with E-state index in [1.54, 1.807) is 18.2 Å². The van der Waals surface area contributed by atoms with E-state index in [4.69, 9.17) is 23.2 Å². The van der Waals surface area contributed by atoms with E-state index in [1.165, 1.54) is 6.21 Å². The second-order valence-electron chi connectivity index (χ2n) is 6.04. The standard InChI is InChI=1S/C21H17Cl2N3O2/c22-17-9-8-14(12-18(17)23)13-24-26-21(28)11-10-20(27)25-19-7-3-5-15-4-1-2-6-16(15)19/h1-9,12-13H,10-11H2,(H,25,27)(H,26,28)/b24-13+. The van der Waals surface area contributed by atoms with Crippen LogP contribution >= 0.6 is 23.2 Å². The van der Waals surface area contributed by atoms with Crippen LogP contribution in [0.2, 0.25) is 10.0 Å². The summed E-state index contributed by atoms with van der Waals surface area (Å²) in [6.07, 6.45) is 1.53. The van der Waals surface area contributed by atoms with Gasteiger partial charge in [-0.25, -0.2) is 5.43 Å². The van der Waals surface area contributed by atoms with E-state index in [0.29, 0.717) is 15.6 Å². The Bertz CT molecular complexity index is 1050. The lowest BCUT2D eigenvalue weighted by Gasteiger charge is -2.08. The molecule has 28 heavy (non-hydrogen) atoms. The van der Waals surface area contributed by atoms with Crippen LogP contribution in [0.1, 0.15) is 18.4 Å². The van der Waals surface area contributed by atoms with Gasteiger partial charge in [0, 0.05) is 23.9 Å². The van der Waals surface area contributed by atoms with Crippen molar-refractivity contribution in [2.45, 2.75) is 12.8 Å². The van der Waals surface area contributed by atoms with Crippen LogP contribution in [0.5, 0.6) is 0 Å². The molecule has 3 rings (SSSR count). The van der Waals surface area contributed by atoms with Gasteiger partial charge in [-0.1, -0.05) is 65.7 Å². The molecule has 0 spiro atoms. The summed E-state index contributed by atoms with van der Waals surface area (Å²) in [6.45, 7) is 0. The smallest absolute Gasteiger partial charge is 0.240 e. The van der Waals surface area contributed by atoms with Gasteiger partial charge in [0.2, 0.25) is 11.8 Å². The van der Waals surface area contributed by atoms with E-state index in [0.717, 1.165) is 16.5 Å². The first-order valence-corrected chi connectivity index (χ1v) is 9.33. The number of benzene rings is 3. The van der Waals surface area contributed by atoms with E-state index in [1.807, 2.05) is 42.5 Å². The van der Waals surface area contributed by atoms with Crippen molar-refractivity contribution in [2.24, 2.45) is 5.10 Å². The van der Waals surface area contributed by atoms with Crippen LogP contribution in [-0.4, -0.2) is 18.0 Å². The Morgan fingerprint density at radius 2 is 1.64 bits per heavy atom. The van der Waals surface area contributed by atoms with E-state index < -0.39 is 0 Å². The van der Waals surface area contributed by atoms with Gasteiger partial charge in [-0.3, -0.25) is 9.59 Å². The topological polar surface area (TPSA) is 70.6 Å². The third-order valence-electron chi connectivity index (χ3n) is 3.99. The minimum Gasteiger partial charge on any atom is -0.326 e. The highest BCUT2D eigenvalue weighted by Crippen LogP contribution is 2.23. The molecule has 3 aromatic carbocycles. The van der Waals surface area contributed by atoms with E-state index in [2.05, 4.69) is 15.8 Å². The Labute approximate surface area is 172 Å². The zero-order valence-corrected chi connectivity index (χ0v) is 16.3. The predicted molar refractivity (Wildman–Crippen MR) is 114 cm³/mol. The number of hydrogen-bond donors (Lipinski definition) is 2. The van der Waals surface area contributed by atoms with Crippen molar-refractivity contribution < 1.29 is 9.59 Å². The number of nitrogens with one attached hydrogen (secondary N) is 2. The van der Waals surface area contributed by atoms with Gasteiger partial charge in [-0.2, -0.15) is 5.10 Å². The first-order valence-electron chi connectivity index (χ1n) is 8.57. The van der Waals surface area contributed by atoms with Crippen LogP contribution in [0.15, 0.2) is 65.8 Å². The molecule has 7 heteroatoms. The van der Waals surface area contributed by atoms with Crippen molar-refractivity contribution >= 4 is 57.7 Å². The summed E-state index contributed by atoms with van der Waals surface area (Å²) in [6, 6.07) is 18.5. The number of carbonyl (C=O) groups is 2. The molecular formula is C21H17Cl2N3O2. The molecule has 5 nitrogen and oxygen atoms in total. The molecule has 0 atom stereocenters. The summed E-state index contributed by atoms with van der Waals surface area (Å²) in [7, 11) is 0. The number of rotatable bonds is 6. The van der Waals surface area contributed by atoms with Crippen LogP contribution in [0.3, 0.4) is 0 Å². The maximum atomic E-state index is 12.2. The summed E-state index contributed by atoms with van der Waals surface area (Å²) >= 11 is 11.8. The summed E-state index contributed by atoms with van der Waals surface area (Å²) < 4.78 is 0. The van der Waals surface area contributed by atoms with Gasteiger partial charge in [0.1, 0.15) is 0 Å². The number of amides is 2.